The number of hydrogen-bond donors (Lipinski definition) is 2. The molecule has 0 fully saturated rings. The molecule has 172 valence electrons. The molecule has 0 radical (unpaired) electrons. The maximum absolute atomic E-state index is 13.1. The number of rotatable bonds is 9. The summed E-state index contributed by atoms with van der Waals surface area (Å²) in [5.41, 5.74) is 2.13. The number of H-pyrrole nitrogens is 1. The first kappa shape index (κ1) is 22.6. The number of fused-ring (bicyclic) bond motifs is 2. The van der Waals surface area contributed by atoms with Crippen molar-refractivity contribution in [3.05, 3.63) is 66.0 Å². The van der Waals surface area contributed by atoms with Crippen molar-refractivity contribution in [3.8, 4) is 5.75 Å². The predicted octanol–water partition coefficient (Wildman–Crippen LogP) is 3.44. The van der Waals surface area contributed by atoms with Gasteiger partial charge in [0.1, 0.15) is 5.69 Å². The first-order valence-corrected chi connectivity index (χ1v) is 10.8. The first-order valence-electron chi connectivity index (χ1n) is 10.8. The van der Waals surface area contributed by atoms with Gasteiger partial charge in [0.15, 0.2) is 5.75 Å². The van der Waals surface area contributed by atoms with E-state index in [0.29, 0.717) is 28.8 Å². The van der Waals surface area contributed by atoms with E-state index in [1.807, 2.05) is 43.3 Å². The fraction of sp³-hybridized carbons (Fsp3) is 0.280. The van der Waals surface area contributed by atoms with Gasteiger partial charge < -0.3 is 29.0 Å². The number of carbonyl (C=O) groups is 2. The first-order chi connectivity index (χ1) is 16.0. The molecule has 0 amide bonds. The lowest BCUT2D eigenvalue weighted by Crippen LogP contribution is -2.16. The Kier molecular flexibility index (Phi) is 6.76. The fourth-order valence-electron chi connectivity index (χ4n) is 3.88. The molecule has 8 heteroatoms. The van der Waals surface area contributed by atoms with Gasteiger partial charge in [-0.3, -0.25) is 0 Å². The van der Waals surface area contributed by atoms with Crippen LogP contribution < -0.4 is 4.74 Å². The zero-order valence-electron chi connectivity index (χ0n) is 18.7. The van der Waals surface area contributed by atoms with Crippen molar-refractivity contribution in [1.82, 2.24) is 14.5 Å². The highest BCUT2D eigenvalue weighted by atomic mass is 16.5. The Bertz CT molecular complexity index is 1290. The van der Waals surface area contributed by atoms with Crippen LogP contribution in [0.25, 0.3) is 21.8 Å². The molecule has 0 saturated heterocycles. The van der Waals surface area contributed by atoms with E-state index >= 15 is 0 Å². The highest BCUT2D eigenvalue weighted by Gasteiger charge is 2.22. The quantitative estimate of drug-likeness (QED) is 0.300. The molecule has 2 heterocycles. The van der Waals surface area contributed by atoms with E-state index < -0.39 is 11.9 Å². The van der Waals surface area contributed by atoms with E-state index in [1.54, 1.807) is 35.0 Å². The normalized spacial score (nSPS) is 11.4. The molecule has 0 aliphatic carbocycles. The number of benzene rings is 2. The fourth-order valence-corrected chi connectivity index (χ4v) is 3.88. The van der Waals surface area contributed by atoms with E-state index in [4.69, 9.17) is 9.47 Å². The third kappa shape index (κ3) is 4.76. The summed E-state index contributed by atoms with van der Waals surface area (Å²) in [6, 6.07) is 14.4. The molecule has 2 aromatic carbocycles. The van der Waals surface area contributed by atoms with Crippen LogP contribution in [0.5, 0.6) is 5.75 Å². The van der Waals surface area contributed by atoms with E-state index in [-0.39, 0.29) is 18.8 Å². The second-order valence-electron chi connectivity index (χ2n) is 8.02. The predicted molar refractivity (Wildman–Crippen MR) is 126 cm³/mol. The van der Waals surface area contributed by atoms with Crippen LogP contribution in [0.4, 0.5) is 0 Å². The van der Waals surface area contributed by atoms with Crippen LogP contribution in [0.1, 0.15) is 27.3 Å². The van der Waals surface area contributed by atoms with Gasteiger partial charge in [-0.1, -0.05) is 18.2 Å². The monoisotopic (exact) mass is 449 g/mol. The summed E-state index contributed by atoms with van der Waals surface area (Å²) in [5, 5.41) is 11.0. The molecule has 0 unspecified atom stereocenters. The summed E-state index contributed by atoms with van der Waals surface area (Å²) in [6.07, 6.45) is 2.36. The number of aromatic amines is 1. The van der Waals surface area contributed by atoms with Crippen molar-refractivity contribution in [2.24, 2.45) is 0 Å². The number of aliphatic hydroxyl groups excluding tert-OH is 1. The second-order valence-corrected chi connectivity index (χ2v) is 8.02. The lowest BCUT2D eigenvalue weighted by atomic mass is 10.1. The van der Waals surface area contributed by atoms with Gasteiger partial charge in [0, 0.05) is 41.1 Å². The van der Waals surface area contributed by atoms with Crippen molar-refractivity contribution in [1.29, 1.82) is 0 Å². The highest BCUT2D eigenvalue weighted by Crippen LogP contribution is 2.28. The van der Waals surface area contributed by atoms with Gasteiger partial charge in [0.05, 0.1) is 18.8 Å². The Hall–Kier alpha value is -3.62. The zero-order chi connectivity index (χ0) is 23.4. The van der Waals surface area contributed by atoms with Gasteiger partial charge in [-0.2, -0.15) is 0 Å². The number of hydrogen-bond acceptors (Lipinski definition) is 6. The summed E-state index contributed by atoms with van der Waals surface area (Å²) in [7, 11) is 3.92. The Balaban J connectivity index is 1.64. The second kappa shape index (κ2) is 9.89. The summed E-state index contributed by atoms with van der Waals surface area (Å²) in [5.74, 6) is -0.608. The van der Waals surface area contributed by atoms with Gasteiger partial charge in [0.2, 0.25) is 0 Å². The maximum Gasteiger partial charge on any atom is 0.360 e. The van der Waals surface area contributed by atoms with Crippen molar-refractivity contribution in [2.75, 3.05) is 33.9 Å². The maximum atomic E-state index is 13.1. The minimum atomic E-state index is -0.574. The smallest absolute Gasteiger partial charge is 0.360 e. The summed E-state index contributed by atoms with van der Waals surface area (Å²) < 4.78 is 12.8. The summed E-state index contributed by atoms with van der Waals surface area (Å²) in [6.45, 7) is 1.13. The minimum absolute atomic E-state index is 0.170. The van der Waals surface area contributed by atoms with Crippen LogP contribution in [0, 0.1) is 0 Å². The van der Waals surface area contributed by atoms with Crippen LogP contribution in [0.15, 0.2) is 54.7 Å². The number of nitrogens with zero attached hydrogens (tertiary/aromatic N) is 2. The third-order valence-corrected chi connectivity index (χ3v) is 5.44. The van der Waals surface area contributed by atoms with E-state index in [0.717, 1.165) is 23.9 Å². The molecule has 4 rings (SSSR count). The molecular formula is C25H27N3O5. The van der Waals surface area contributed by atoms with E-state index in [9.17, 15) is 14.7 Å². The molecule has 2 N–H and O–H groups in total. The Morgan fingerprint density at radius 3 is 2.67 bits per heavy atom. The van der Waals surface area contributed by atoms with Crippen molar-refractivity contribution in [2.45, 2.75) is 13.0 Å². The van der Waals surface area contributed by atoms with Crippen molar-refractivity contribution < 1.29 is 24.2 Å². The number of nitrogens with one attached hydrogen (secondary N) is 1. The average molecular weight is 450 g/mol. The van der Waals surface area contributed by atoms with Gasteiger partial charge in [0.25, 0.3) is 0 Å². The van der Waals surface area contributed by atoms with Crippen molar-refractivity contribution >= 4 is 33.7 Å². The molecule has 0 spiro atoms. The Morgan fingerprint density at radius 2 is 1.88 bits per heavy atom. The highest BCUT2D eigenvalue weighted by molar-refractivity contribution is 6.07. The van der Waals surface area contributed by atoms with Crippen LogP contribution >= 0.6 is 0 Å². The molecule has 0 aliphatic heterocycles. The molecule has 0 atom stereocenters. The number of ether oxygens (including phenoxy) is 2. The number of para-hydroxylation sites is 1. The standard InChI is InChI=1S/C25H27N3O5/c1-27(2)11-6-14-32-24(30)17-8-5-10-21-19(17)15-22(28(21)12-13-29)25(31)33-23-16-26-20-9-4-3-7-18(20)23/h3-5,7-10,15-16,26,29H,6,11-14H2,1-2H3. The van der Waals surface area contributed by atoms with E-state index in [1.165, 1.54) is 0 Å². The van der Waals surface area contributed by atoms with Gasteiger partial charge in [-0.25, -0.2) is 9.59 Å². The van der Waals surface area contributed by atoms with Gasteiger partial charge >= 0.3 is 11.9 Å². The Labute approximate surface area is 191 Å². The van der Waals surface area contributed by atoms with E-state index in [2.05, 4.69) is 4.98 Å². The Morgan fingerprint density at radius 1 is 1.06 bits per heavy atom. The molecule has 4 aromatic rings. The minimum Gasteiger partial charge on any atom is -0.462 e. The molecule has 2 aromatic heterocycles. The number of aliphatic hydroxyl groups is 1. The molecule has 0 aliphatic rings. The zero-order valence-corrected chi connectivity index (χ0v) is 18.7. The van der Waals surface area contributed by atoms with Crippen LogP contribution in [-0.2, 0) is 11.3 Å². The van der Waals surface area contributed by atoms with Crippen LogP contribution in [0.3, 0.4) is 0 Å². The molecule has 0 saturated carbocycles. The van der Waals surface area contributed by atoms with Crippen LogP contribution in [-0.4, -0.2) is 65.3 Å². The molecule has 8 nitrogen and oxygen atoms in total. The lowest BCUT2D eigenvalue weighted by molar-refractivity contribution is 0.0495. The SMILES string of the molecule is CN(C)CCCOC(=O)c1cccc2c1cc(C(=O)Oc1c[nH]c3ccccc13)n2CCO. The number of carbonyl (C=O) groups excluding carboxylic acids is 2. The summed E-state index contributed by atoms with van der Waals surface area (Å²) >= 11 is 0. The summed E-state index contributed by atoms with van der Waals surface area (Å²) in [4.78, 5) is 31.0. The molecule has 0 bridgehead atoms. The molecular weight excluding hydrogens is 422 g/mol. The topological polar surface area (TPSA) is 96.8 Å². The third-order valence-electron chi connectivity index (χ3n) is 5.44. The molecule has 33 heavy (non-hydrogen) atoms. The van der Waals surface area contributed by atoms with Crippen molar-refractivity contribution in [3.63, 3.8) is 0 Å². The van der Waals surface area contributed by atoms with Crippen LogP contribution in [0.2, 0.25) is 0 Å². The van der Waals surface area contributed by atoms with Gasteiger partial charge in [-0.15, -0.1) is 0 Å². The average Bonchev–Trinajstić information content (AvgIpc) is 3.38. The lowest BCUT2D eigenvalue weighted by Gasteiger charge is -2.10. The van der Waals surface area contributed by atoms with Gasteiger partial charge in [-0.05, 0) is 50.8 Å². The largest absolute Gasteiger partial charge is 0.462 e. The number of aromatic nitrogens is 2. The number of esters is 2.